The summed E-state index contributed by atoms with van der Waals surface area (Å²) < 4.78 is 13.3. The van der Waals surface area contributed by atoms with E-state index in [0.717, 1.165) is 16.7 Å². The predicted octanol–water partition coefficient (Wildman–Crippen LogP) is 4.07. The number of furan rings is 1. The third kappa shape index (κ3) is 4.39. The predicted molar refractivity (Wildman–Crippen MR) is 111 cm³/mol. The number of amides is 1. The van der Waals surface area contributed by atoms with Crippen molar-refractivity contribution < 1.29 is 13.9 Å². The first-order chi connectivity index (χ1) is 13.9. The summed E-state index contributed by atoms with van der Waals surface area (Å²) in [7, 11) is 0. The Morgan fingerprint density at radius 3 is 2.83 bits per heavy atom. The van der Waals surface area contributed by atoms with E-state index in [1.54, 1.807) is 16.8 Å². The molecule has 3 heterocycles. The molecule has 0 fully saturated rings. The van der Waals surface area contributed by atoms with Crippen molar-refractivity contribution in [3.05, 3.63) is 48.7 Å². The summed E-state index contributed by atoms with van der Waals surface area (Å²) in [5.41, 5.74) is 2.23. The average molecular weight is 392 g/mol. The standard InChI is InChI=1S/C22H24N4O3/c1-22(2,3)13-20(27)23-10-11-28-21-9-8-19-24-14-16(26(19)25-21)18-12-15-6-4-5-7-17(15)29-18/h4-9,12,14H,10-11,13H2,1-3H3,(H,23,27). The van der Waals surface area contributed by atoms with Crippen LogP contribution in [-0.2, 0) is 4.79 Å². The van der Waals surface area contributed by atoms with Gasteiger partial charge in [0.25, 0.3) is 0 Å². The normalized spacial score (nSPS) is 11.8. The lowest BCUT2D eigenvalue weighted by Crippen LogP contribution is -2.31. The number of para-hydroxylation sites is 1. The van der Waals surface area contributed by atoms with Crippen LogP contribution in [0.3, 0.4) is 0 Å². The van der Waals surface area contributed by atoms with E-state index in [1.165, 1.54) is 0 Å². The zero-order valence-corrected chi connectivity index (χ0v) is 16.8. The number of hydrogen-bond acceptors (Lipinski definition) is 5. The summed E-state index contributed by atoms with van der Waals surface area (Å²) in [6.07, 6.45) is 2.21. The molecule has 4 aromatic rings. The van der Waals surface area contributed by atoms with E-state index >= 15 is 0 Å². The molecular weight excluding hydrogens is 368 g/mol. The van der Waals surface area contributed by atoms with Crippen LogP contribution in [0.1, 0.15) is 27.2 Å². The van der Waals surface area contributed by atoms with Crippen LogP contribution in [-0.4, -0.2) is 33.7 Å². The van der Waals surface area contributed by atoms with Gasteiger partial charge in [-0.25, -0.2) is 9.50 Å². The summed E-state index contributed by atoms with van der Waals surface area (Å²) >= 11 is 0. The van der Waals surface area contributed by atoms with Gasteiger partial charge in [-0.1, -0.05) is 39.0 Å². The van der Waals surface area contributed by atoms with Gasteiger partial charge in [-0.3, -0.25) is 4.79 Å². The molecule has 0 saturated heterocycles. The Hall–Kier alpha value is -3.35. The second-order valence-corrected chi connectivity index (χ2v) is 8.17. The Morgan fingerprint density at radius 1 is 1.21 bits per heavy atom. The quantitative estimate of drug-likeness (QED) is 0.500. The Morgan fingerprint density at radius 2 is 2.03 bits per heavy atom. The molecule has 0 aliphatic rings. The van der Waals surface area contributed by atoms with Gasteiger partial charge in [0.1, 0.15) is 17.9 Å². The third-order valence-corrected chi connectivity index (χ3v) is 4.38. The highest BCUT2D eigenvalue weighted by atomic mass is 16.5. The highest BCUT2D eigenvalue weighted by Gasteiger charge is 2.16. The molecule has 0 spiro atoms. The molecule has 0 aliphatic heterocycles. The van der Waals surface area contributed by atoms with E-state index in [0.29, 0.717) is 36.9 Å². The summed E-state index contributed by atoms with van der Waals surface area (Å²) in [6, 6.07) is 13.4. The largest absolute Gasteiger partial charge is 0.475 e. The van der Waals surface area contributed by atoms with Crippen LogP contribution >= 0.6 is 0 Å². The summed E-state index contributed by atoms with van der Waals surface area (Å²) in [5, 5.41) is 8.41. The van der Waals surface area contributed by atoms with Crippen LogP contribution in [0, 0.1) is 5.41 Å². The minimum atomic E-state index is -0.0357. The molecule has 0 aliphatic carbocycles. The van der Waals surface area contributed by atoms with Crippen LogP contribution in [0.15, 0.2) is 53.1 Å². The van der Waals surface area contributed by atoms with Gasteiger partial charge in [0.05, 0.1) is 12.7 Å². The van der Waals surface area contributed by atoms with Gasteiger partial charge >= 0.3 is 0 Å². The van der Waals surface area contributed by atoms with E-state index in [-0.39, 0.29) is 11.3 Å². The fourth-order valence-electron chi connectivity index (χ4n) is 3.10. The summed E-state index contributed by atoms with van der Waals surface area (Å²) in [6.45, 7) is 6.87. The SMILES string of the molecule is CC(C)(C)CC(=O)NCCOc1ccc2ncc(-c3cc4ccccc4o3)n2n1. The molecule has 7 nitrogen and oxygen atoms in total. The molecule has 1 aromatic carbocycles. The van der Waals surface area contributed by atoms with Crippen LogP contribution in [0.25, 0.3) is 28.1 Å². The first-order valence-corrected chi connectivity index (χ1v) is 9.62. The maximum atomic E-state index is 11.9. The molecule has 0 atom stereocenters. The minimum Gasteiger partial charge on any atom is -0.475 e. The van der Waals surface area contributed by atoms with E-state index in [9.17, 15) is 4.79 Å². The van der Waals surface area contributed by atoms with Crippen LogP contribution in [0.4, 0.5) is 0 Å². The van der Waals surface area contributed by atoms with Crippen molar-refractivity contribution in [2.75, 3.05) is 13.2 Å². The van der Waals surface area contributed by atoms with E-state index < -0.39 is 0 Å². The molecule has 29 heavy (non-hydrogen) atoms. The summed E-state index contributed by atoms with van der Waals surface area (Å²) in [4.78, 5) is 16.3. The number of nitrogens with one attached hydrogen (secondary N) is 1. The van der Waals surface area contributed by atoms with E-state index in [1.807, 2.05) is 57.2 Å². The second-order valence-electron chi connectivity index (χ2n) is 8.17. The van der Waals surface area contributed by atoms with Gasteiger partial charge in [-0.2, -0.15) is 0 Å². The molecule has 3 aromatic heterocycles. The van der Waals surface area contributed by atoms with Gasteiger partial charge in [-0.15, -0.1) is 5.10 Å². The molecule has 0 bridgehead atoms. The maximum Gasteiger partial charge on any atom is 0.231 e. The van der Waals surface area contributed by atoms with Crippen molar-refractivity contribution in [1.82, 2.24) is 19.9 Å². The Labute approximate surface area is 168 Å². The minimum absolute atomic E-state index is 0.0197. The molecule has 1 amide bonds. The maximum absolute atomic E-state index is 11.9. The number of carbonyl (C=O) groups excluding carboxylic acids is 1. The van der Waals surface area contributed by atoms with Crippen molar-refractivity contribution in [3.63, 3.8) is 0 Å². The number of fused-ring (bicyclic) bond motifs is 2. The number of nitrogens with zero attached hydrogens (tertiary/aromatic N) is 3. The van der Waals surface area contributed by atoms with Gasteiger partial charge in [0.15, 0.2) is 11.4 Å². The van der Waals surface area contributed by atoms with E-state index in [2.05, 4.69) is 15.4 Å². The molecule has 0 radical (unpaired) electrons. The van der Waals surface area contributed by atoms with Gasteiger partial charge in [-0.05, 0) is 23.6 Å². The van der Waals surface area contributed by atoms with E-state index in [4.69, 9.17) is 9.15 Å². The van der Waals surface area contributed by atoms with Gasteiger partial charge in [0, 0.05) is 17.9 Å². The fraction of sp³-hybridized carbons (Fsp3) is 0.318. The van der Waals surface area contributed by atoms with Crippen molar-refractivity contribution in [1.29, 1.82) is 0 Å². The Kier molecular flexibility index (Phi) is 4.96. The van der Waals surface area contributed by atoms with Crippen molar-refractivity contribution >= 4 is 22.5 Å². The van der Waals surface area contributed by atoms with Crippen molar-refractivity contribution in [3.8, 4) is 17.3 Å². The summed E-state index contributed by atoms with van der Waals surface area (Å²) in [5.74, 6) is 1.17. The second kappa shape index (κ2) is 7.58. The number of benzene rings is 1. The zero-order chi connectivity index (χ0) is 20.4. The Balaban J connectivity index is 1.45. The average Bonchev–Trinajstić information content (AvgIpc) is 3.27. The zero-order valence-electron chi connectivity index (χ0n) is 16.8. The molecule has 0 unspecified atom stereocenters. The van der Waals surface area contributed by atoms with Gasteiger partial charge in [0.2, 0.25) is 11.8 Å². The molecule has 150 valence electrons. The van der Waals surface area contributed by atoms with Crippen LogP contribution in [0.5, 0.6) is 5.88 Å². The lowest BCUT2D eigenvalue weighted by atomic mass is 9.92. The van der Waals surface area contributed by atoms with Crippen LogP contribution in [0.2, 0.25) is 0 Å². The first kappa shape index (κ1) is 19.0. The number of imidazole rings is 1. The third-order valence-electron chi connectivity index (χ3n) is 4.38. The smallest absolute Gasteiger partial charge is 0.231 e. The number of hydrogen-bond donors (Lipinski definition) is 1. The van der Waals surface area contributed by atoms with Gasteiger partial charge < -0.3 is 14.5 Å². The first-order valence-electron chi connectivity index (χ1n) is 9.62. The topological polar surface area (TPSA) is 81.7 Å². The van der Waals surface area contributed by atoms with Crippen LogP contribution < -0.4 is 10.1 Å². The monoisotopic (exact) mass is 392 g/mol. The Bertz CT molecular complexity index is 1120. The molecule has 1 N–H and O–H groups in total. The lowest BCUT2D eigenvalue weighted by molar-refractivity contribution is -0.122. The van der Waals surface area contributed by atoms with Crippen molar-refractivity contribution in [2.45, 2.75) is 27.2 Å². The number of aromatic nitrogens is 3. The van der Waals surface area contributed by atoms with Crippen molar-refractivity contribution in [2.24, 2.45) is 5.41 Å². The number of carbonyl (C=O) groups is 1. The lowest BCUT2D eigenvalue weighted by Gasteiger charge is -2.17. The number of rotatable bonds is 6. The molecule has 4 rings (SSSR count). The fourth-order valence-corrected chi connectivity index (χ4v) is 3.10. The highest BCUT2D eigenvalue weighted by Crippen LogP contribution is 2.28. The number of ether oxygens (including phenoxy) is 1. The molecular formula is C22H24N4O3. The molecule has 7 heteroatoms. The highest BCUT2D eigenvalue weighted by molar-refractivity contribution is 5.82. The molecule has 0 saturated carbocycles.